The Morgan fingerprint density at radius 2 is 2.08 bits per heavy atom. The molecule has 0 aliphatic carbocycles. The molecule has 4 rings (SSSR count). The van der Waals surface area contributed by atoms with Crippen molar-refractivity contribution in [3.8, 4) is 17.1 Å². The molecular formula is C17H14N4O2S. The van der Waals surface area contributed by atoms with Crippen LogP contribution in [0.1, 0.15) is 5.76 Å². The van der Waals surface area contributed by atoms with Crippen LogP contribution in [0.15, 0.2) is 58.3 Å². The number of nitrogens with one attached hydrogen (secondary N) is 1. The summed E-state index contributed by atoms with van der Waals surface area (Å²) in [5.41, 5.74) is 2.46. The number of nitrogens with zero attached hydrogens (tertiary/aromatic N) is 3. The molecule has 120 valence electrons. The molecule has 2 aromatic heterocycles. The van der Waals surface area contributed by atoms with E-state index in [0.717, 1.165) is 17.0 Å². The fourth-order valence-corrected chi connectivity index (χ4v) is 2.71. The molecule has 0 radical (unpaired) electrons. The van der Waals surface area contributed by atoms with E-state index in [4.69, 9.17) is 9.15 Å². The third-order valence-corrected chi connectivity index (χ3v) is 4.05. The van der Waals surface area contributed by atoms with Crippen LogP contribution in [0.4, 0.5) is 5.69 Å². The van der Waals surface area contributed by atoms with Crippen LogP contribution in [-0.4, -0.2) is 27.7 Å². The largest absolute Gasteiger partial charge is 0.465 e. The Bertz CT molecular complexity index is 880. The van der Waals surface area contributed by atoms with Gasteiger partial charge in [0.2, 0.25) is 11.0 Å². The molecule has 0 amide bonds. The van der Waals surface area contributed by atoms with Crippen molar-refractivity contribution in [2.75, 3.05) is 11.6 Å². The summed E-state index contributed by atoms with van der Waals surface area (Å²) >= 11 is 1.42. The maximum atomic E-state index is 6.01. The second-order valence-electron chi connectivity index (χ2n) is 5.06. The van der Waals surface area contributed by atoms with Gasteiger partial charge in [-0.25, -0.2) is 0 Å². The maximum absolute atomic E-state index is 6.01. The van der Waals surface area contributed by atoms with Crippen LogP contribution >= 0.6 is 11.8 Å². The topological polar surface area (TPSA) is 73.1 Å². The number of anilines is 1. The average molecular weight is 338 g/mol. The fourth-order valence-electron chi connectivity index (χ4n) is 2.41. The van der Waals surface area contributed by atoms with E-state index >= 15 is 0 Å². The lowest BCUT2D eigenvalue weighted by Gasteiger charge is -2.15. The summed E-state index contributed by atoms with van der Waals surface area (Å²) in [4.78, 5) is 4.46. The van der Waals surface area contributed by atoms with E-state index in [-0.39, 0.29) is 0 Å². The van der Waals surface area contributed by atoms with E-state index in [2.05, 4.69) is 20.5 Å². The SMILES string of the molecule is CSc1nnc2c(n1)OC(C=Cc1ccco1)Nc1ccccc1-2. The number of benzene rings is 1. The van der Waals surface area contributed by atoms with Gasteiger partial charge in [-0.1, -0.05) is 30.0 Å². The minimum Gasteiger partial charge on any atom is -0.465 e. The summed E-state index contributed by atoms with van der Waals surface area (Å²) in [7, 11) is 0. The van der Waals surface area contributed by atoms with E-state index in [1.165, 1.54) is 11.8 Å². The smallest absolute Gasteiger partial charge is 0.247 e. The van der Waals surface area contributed by atoms with Crippen molar-refractivity contribution >= 4 is 23.5 Å². The monoisotopic (exact) mass is 338 g/mol. The summed E-state index contributed by atoms with van der Waals surface area (Å²) < 4.78 is 11.3. The van der Waals surface area contributed by atoms with Gasteiger partial charge in [-0.15, -0.1) is 10.2 Å². The Morgan fingerprint density at radius 3 is 2.92 bits per heavy atom. The van der Waals surface area contributed by atoms with Gasteiger partial charge in [-0.05, 0) is 36.6 Å². The van der Waals surface area contributed by atoms with E-state index in [0.29, 0.717) is 16.7 Å². The van der Waals surface area contributed by atoms with Crippen molar-refractivity contribution in [1.29, 1.82) is 0 Å². The van der Waals surface area contributed by atoms with Crippen molar-refractivity contribution in [1.82, 2.24) is 15.2 Å². The highest BCUT2D eigenvalue weighted by atomic mass is 32.2. The number of ether oxygens (including phenoxy) is 1. The van der Waals surface area contributed by atoms with Gasteiger partial charge in [-0.2, -0.15) is 4.98 Å². The van der Waals surface area contributed by atoms with Crippen LogP contribution in [0.3, 0.4) is 0 Å². The molecule has 0 saturated heterocycles. The molecule has 1 aliphatic rings. The van der Waals surface area contributed by atoms with Gasteiger partial charge in [0.25, 0.3) is 0 Å². The summed E-state index contributed by atoms with van der Waals surface area (Å²) in [5, 5.41) is 12.3. The zero-order chi connectivity index (χ0) is 16.4. The first-order valence-electron chi connectivity index (χ1n) is 7.36. The second kappa shape index (κ2) is 6.37. The summed E-state index contributed by atoms with van der Waals surface area (Å²) in [5.74, 6) is 1.21. The lowest BCUT2D eigenvalue weighted by molar-refractivity contribution is 0.266. The third-order valence-electron chi connectivity index (χ3n) is 3.51. The lowest BCUT2D eigenvalue weighted by Crippen LogP contribution is -2.23. The van der Waals surface area contributed by atoms with Crippen LogP contribution in [0, 0.1) is 0 Å². The predicted octanol–water partition coefficient (Wildman–Crippen LogP) is 3.70. The van der Waals surface area contributed by atoms with E-state index in [9.17, 15) is 0 Å². The molecule has 6 nitrogen and oxygen atoms in total. The van der Waals surface area contributed by atoms with Crippen LogP contribution in [0.2, 0.25) is 0 Å². The summed E-state index contributed by atoms with van der Waals surface area (Å²) in [6.07, 6.45) is 6.87. The number of fused-ring (bicyclic) bond motifs is 3. The number of hydrogen-bond acceptors (Lipinski definition) is 7. The Hall–Kier alpha value is -2.80. The van der Waals surface area contributed by atoms with Gasteiger partial charge in [0, 0.05) is 11.3 Å². The number of furan rings is 1. The molecule has 1 N–H and O–H groups in total. The van der Waals surface area contributed by atoms with Crippen LogP contribution in [-0.2, 0) is 0 Å². The summed E-state index contributed by atoms with van der Waals surface area (Å²) in [6.45, 7) is 0. The highest BCUT2D eigenvalue weighted by Gasteiger charge is 2.23. The minimum absolute atomic E-state index is 0.399. The molecule has 7 heteroatoms. The normalized spacial score (nSPS) is 16.0. The highest BCUT2D eigenvalue weighted by Crippen LogP contribution is 2.36. The number of aromatic nitrogens is 3. The molecule has 3 aromatic rings. The van der Waals surface area contributed by atoms with Crippen molar-refractivity contribution < 1.29 is 9.15 Å². The zero-order valence-electron chi connectivity index (χ0n) is 12.8. The van der Waals surface area contributed by atoms with Gasteiger partial charge >= 0.3 is 0 Å². The van der Waals surface area contributed by atoms with E-state index in [1.54, 1.807) is 6.26 Å². The van der Waals surface area contributed by atoms with Crippen molar-refractivity contribution in [2.24, 2.45) is 0 Å². The van der Waals surface area contributed by atoms with Crippen LogP contribution < -0.4 is 10.1 Å². The minimum atomic E-state index is -0.399. The first-order valence-corrected chi connectivity index (χ1v) is 8.59. The van der Waals surface area contributed by atoms with E-state index in [1.807, 2.05) is 54.8 Å². The lowest BCUT2D eigenvalue weighted by atomic mass is 10.1. The molecule has 0 spiro atoms. The van der Waals surface area contributed by atoms with Gasteiger partial charge in [0.15, 0.2) is 11.9 Å². The predicted molar refractivity (Wildman–Crippen MR) is 92.8 cm³/mol. The van der Waals surface area contributed by atoms with Gasteiger partial charge in [-0.3, -0.25) is 0 Å². The zero-order valence-corrected chi connectivity index (χ0v) is 13.7. The third kappa shape index (κ3) is 2.85. The Labute approximate surface area is 143 Å². The Morgan fingerprint density at radius 1 is 1.17 bits per heavy atom. The molecule has 1 aliphatic heterocycles. The molecule has 1 aromatic carbocycles. The average Bonchev–Trinajstić information content (AvgIpc) is 3.08. The molecule has 0 bridgehead atoms. The molecule has 1 atom stereocenters. The molecular weight excluding hydrogens is 324 g/mol. The van der Waals surface area contributed by atoms with Crippen LogP contribution in [0.5, 0.6) is 5.88 Å². The molecule has 24 heavy (non-hydrogen) atoms. The number of hydrogen-bond donors (Lipinski definition) is 1. The van der Waals surface area contributed by atoms with Crippen LogP contribution in [0.25, 0.3) is 17.3 Å². The molecule has 3 heterocycles. The van der Waals surface area contributed by atoms with Crippen molar-refractivity contribution in [3.05, 3.63) is 54.5 Å². The number of para-hydroxylation sites is 1. The molecule has 0 fully saturated rings. The standard InChI is InChI=1S/C17H14N4O2S/c1-24-17-19-16-15(20-21-17)12-6-2-3-7-13(12)18-14(23-16)9-8-11-5-4-10-22-11/h2-10,14,18H,1H3. The second-order valence-corrected chi connectivity index (χ2v) is 5.83. The van der Waals surface area contributed by atoms with E-state index < -0.39 is 6.23 Å². The first kappa shape index (κ1) is 14.8. The van der Waals surface area contributed by atoms with Gasteiger partial charge in [0.05, 0.1) is 6.26 Å². The first-order chi connectivity index (χ1) is 11.8. The fraction of sp³-hybridized carbons (Fsp3) is 0.118. The Kier molecular flexibility index (Phi) is 3.92. The van der Waals surface area contributed by atoms with Gasteiger partial charge in [0.1, 0.15) is 5.76 Å². The van der Waals surface area contributed by atoms with Gasteiger partial charge < -0.3 is 14.5 Å². The molecule has 1 unspecified atom stereocenters. The maximum Gasteiger partial charge on any atom is 0.247 e. The number of rotatable bonds is 3. The number of thioether (sulfide) groups is 1. The molecule has 0 saturated carbocycles. The Balaban J connectivity index is 1.75. The summed E-state index contributed by atoms with van der Waals surface area (Å²) in [6, 6.07) is 11.6. The van der Waals surface area contributed by atoms with Crippen molar-refractivity contribution in [3.63, 3.8) is 0 Å². The highest BCUT2D eigenvalue weighted by molar-refractivity contribution is 7.98. The van der Waals surface area contributed by atoms with Crippen molar-refractivity contribution in [2.45, 2.75) is 11.4 Å². The quantitative estimate of drug-likeness (QED) is 0.730.